The molecule has 4 nitrogen and oxygen atoms in total. The number of hydrogen-bond acceptors (Lipinski definition) is 1. The normalized spacial score (nSPS) is 11.9. The van der Waals surface area contributed by atoms with Crippen LogP contribution < -0.4 is 20.7 Å². The van der Waals surface area contributed by atoms with Gasteiger partial charge in [-0.1, -0.05) is 164 Å². The van der Waals surface area contributed by atoms with E-state index >= 15 is 0 Å². The zero-order valence-electron chi connectivity index (χ0n) is 35.9. The van der Waals surface area contributed by atoms with Crippen molar-refractivity contribution in [3.05, 3.63) is 248 Å². The molecule has 13 rings (SSSR count). The summed E-state index contributed by atoms with van der Waals surface area (Å²) in [7, 11) is -2.79. The van der Waals surface area contributed by atoms with Gasteiger partial charge in [0.15, 0.2) is 8.07 Å². The number of benzene rings is 10. The first-order chi connectivity index (χ1) is 32.7. The molecule has 5 heteroatoms. The van der Waals surface area contributed by atoms with Crippen LogP contribution in [0.4, 0.5) is 0 Å². The predicted molar refractivity (Wildman–Crippen MR) is 278 cm³/mol. The van der Waals surface area contributed by atoms with Crippen LogP contribution in [0, 0.1) is 11.3 Å². The van der Waals surface area contributed by atoms with E-state index in [1.54, 1.807) is 0 Å². The van der Waals surface area contributed by atoms with Crippen LogP contribution in [0.3, 0.4) is 0 Å². The molecule has 0 saturated carbocycles. The molecule has 308 valence electrons. The summed E-state index contributed by atoms with van der Waals surface area (Å²) < 4.78 is 7.24. The van der Waals surface area contributed by atoms with Gasteiger partial charge in [-0.15, -0.1) is 0 Å². The first-order valence-electron chi connectivity index (χ1n) is 22.5. The molecule has 3 aromatic heterocycles. The van der Waals surface area contributed by atoms with Crippen molar-refractivity contribution in [3.63, 3.8) is 0 Å². The van der Waals surface area contributed by atoms with Gasteiger partial charge in [0.1, 0.15) is 0 Å². The second-order valence-corrected chi connectivity index (χ2v) is 21.0. The average molecular weight is 857 g/mol. The fraction of sp³-hybridized carbons (Fsp3) is 0. The van der Waals surface area contributed by atoms with Crippen molar-refractivity contribution >= 4 is 94.2 Å². The van der Waals surface area contributed by atoms with E-state index in [1.807, 2.05) is 12.1 Å². The van der Waals surface area contributed by atoms with E-state index in [4.69, 9.17) is 0 Å². The molecule has 3 heterocycles. The van der Waals surface area contributed by atoms with E-state index in [1.165, 1.54) is 47.8 Å². The molecule has 0 fully saturated rings. The Morgan fingerprint density at radius 1 is 0.273 bits per heavy atom. The molecule has 0 saturated heterocycles. The number of fused-ring (bicyclic) bond motifs is 9. The lowest BCUT2D eigenvalue weighted by Crippen LogP contribution is -2.74. The molecule has 0 spiro atoms. The highest BCUT2D eigenvalue weighted by molar-refractivity contribution is 7.19. The fourth-order valence-electron chi connectivity index (χ4n) is 11.0. The van der Waals surface area contributed by atoms with Gasteiger partial charge < -0.3 is 13.7 Å². The molecule has 0 N–H and O–H groups in total. The summed E-state index contributed by atoms with van der Waals surface area (Å²) in [6, 6.07) is 91.1. The molecule has 0 aliphatic heterocycles. The molecule has 66 heavy (non-hydrogen) atoms. The summed E-state index contributed by atoms with van der Waals surface area (Å²) in [5, 5.41) is 22.2. The third-order valence-electron chi connectivity index (χ3n) is 13.8. The lowest BCUT2D eigenvalue weighted by molar-refractivity contribution is 1.15. The van der Waals surface area contributed by atoms with E-state index < -0.39 is 8.07 Å². The second kappa shape index (κ2) is 15.0. The molecule has 0 bridgehead atoms. The molecule has 0 aliphatic rings. The summed E-state index contributed by atoms with van der Waals surface area (Å²) in [4.78, 5) is 0. The minimum absolute atomic E-state index is 0.661. The topological polar surface area (TPSA) is 38.6 Å². The molecule has 13 aromatic rings. The highest BCUT2D eigenvalue weighted by Gasteiger charge is 2.41. The van der Waals surface area contributed by atoms with Crippen LogP contribution in [-0.4, -0.2) is 21.8 Å². The Hall–Kier alpha value is -8.69. The summed E-state index contributed by atoms with van der Waals surface area (Å²) in [5.74, 6) is 0. The number of rotatable bonds is 7. The van der Waals surface area contributed by atoms with Crippen LogP contribution in [0.1, 0.15) is 5.56 Å². The molecular weight excluding hydrogens is 817 g/mol. The molecule has 0 aliphatic carbocycles. The van der Waals surface area contributed by atoms with Gasteiger partial charge in [0.2, 0.25) is 0 Å². The Morgan fingerprint density at radius 2 is 0.667 bits per heavy atom. The smallest absolute Gasteiger partial charge is 0.179 e. The van der Waals surface area contributed by atoms with Gasteiger partial charge in [-0.05, 0) is 99.6 Å². The molecule has 0 radical (unpaired) electrons. The van der Waals surface area contributed by atoms with Crippen LogP contribution in [0.2, 0.25) is 0 Å². The van der Waals surface area contributed by atoms with Crippen molar-refractivity contribution in [1.29, 1.82) is 5.26 Å². The quantitative estimate of drug-likeness (QED) is 0.116. The van der Waals surface area contributed by atoms with E-state index in [0.717, 1.165) is 55.4 Å². The summed E-state index contributed by atoms with van der Waals surface area (Å²) in [6.45, 7) is 0. The van der Waals surface area contributed by atoms with Crippen molar-refractivity contribution < 1.29 is 0 Å². The van der Waals surface area contributed by atoms with Gasteiger partial charge >= 0.3 is 0 Å². The highest BCUT2D eigenvalue weighted by atomic mass is 28.3. The summed E-state index contributed by atoms with van der Waals surface area (Å²) in [5.41, 5.74) is 10.8. The maximum Gasteiger partial charge on any atom is 0.179 e. The zero-order valence-corrected chi connectivity index (χ0v) is 36.9. The number of nitriles is 1. The third kappa shape index (κ3) is 5.56. The van der Waals surface area contributed by atoms with Gasteiger partial charge in [-0.3, -0.25) is 0 Å². The highest BCUT2D eigenvalue weighted by Crippen LogP contribution is 2.39. The average Bonchev–Trinajstić information content (AvgIpc) is 4.02. The Bertz CT molecular complexity index is 3960. The van der Waals surface area contributed by atoms with E-state index in [0.29, 0.717) is 5.56 Å². The maximum absolute atomic E-state index is 9.78. The second-order valence-electron chi connectivity index (χ2n) is 17.2. The van der Waals surface area contributed by atoms with Gasteiger partial charge in [-0.25, -0.2) is 0 Å². The Labute approximate surface area is 382 Å². The van der Waals surface area contributed by atoms with E-state index in [-0.39, 0.29) is 0 Å². The molecule has 10 aromatic carbocycles. The van der Waals surface area contributed by atoms with Crippen LogP contribution in [0.25, 0.3) is 82.5 Å². The van der Waals surface area contributed by atoms with Crippen LogP contribution in [0.15, 0.2) is 243 Å². The van der Waals surface area contributed by atoms with Crippen molar-refractivity contribution in [1.82, 2.24) is 13.7 Å². The van der Waals surface area contributed by atoms with Crippen LogP contribution >= 0.6 is 0 Å². The Kier molecular flexibility index (Phi) is 8.57. The third-order valence-corrected chi connectivity index (χ3v) is 18.6. The van der Waals surface area contributed by atoms with E-state index in [9.17, 15) is 5.26 Å². The van der Waals surface area contributed by atoms with Gasteiger partial charge in [-0.2, -0.15) is 5.26 Å². The SMILES string of the molecule is N#Cc1ccc2c(c1)c1ccccc1n2-c1ccc2c(c1)c1ccccc1n2-c1ccc2c3ccccc3n(-c3cccc([Si](c4ccccc4)(c4ccccc4)c4ccccc4)c3)c2c1. The minimum Gasteiger partial charge on any atom is -0.309 e. The Balaban J connectivity index is 1.03. The number of aromatic nitrogens is 3. The van der Waals surface area contributed by atoms with Crippen molar-refractivity contribution in [3.8, 4) is 23.1 Å². The van der Waals surface area contributed by atoms with Crippen LogP contribution in [-0.2, 0) is 0 Å². The standard InChI is InChI=1S/C61H40N4Si/c62-41-42-31-35-59-54(37-42)51-26-11-14-29-57(51)63(59)44-33-36-60-55(39-44)52-27-12-15-30-58(52)64(60)45-32-34-53-50-25-10-13-28-56(50)65(61(53)40-45)43-17-16-24-49(38-43)66(46-18-4-1-5-19-46,47-20-6-2-7-21-47)48-22-8-3-9-23-48/h1-40H. The first-order valence-corrected chi connectivity index (χ1v) is 24.5. The van der Waals surface area contributed by atoms with Crippen molar-refractivity contribution in [2.75, 3.05) is 0 Å². The van der Waals surface area contributed by atoms with Gasteiger partial charge in [0.25, 0.3) is 0 Å². The Morgan fingerprint density at radius 3 is 1.23 bits per heavy atom. The zero-order chi connectivity index (χ0) is 43.8. The van der Waals surface area contributed by atoms with Crippen molar-refractivity contribution in [2.24, 2.45) is 0 Å². The van der Waals surface area contributed by atoms with Gasteiger partial charge in [0, 0.05) is 49.4 Å². The first kappa shape index (κ1) is 37.8. The molecule has 0 atom stereocenters. The van der Waals surface area contributed by atoms with Crippen molar-refractivity contribution in [2.45, 2.75) is 0 Å². The summed E-state index contributed by atoms with van der Waals surface area (Å²) in [6.07, 6.45) is 0. The largest absolute Gasteiger partial charge is 0.309 e. The number of nitrogens with zero attached hydrogens (tertiary/aromatic N) is 4. The maximum atomic E-state index is 9.78. The number of para-hydroxylation sites is 3. The van der Waals surface area contributed by atoms with Crippen LogP contribution in [0.5, 0.6) is 0 Å². The lowest BCUT2D eigenvalue weighted by Gasteiger charge is -2.34. The predicted octanol–water partition coefficient (Wildman–Crippen LogP) is 12.2. The minimum atomic E-state index is -2.79. The molecule has 0 unspecified atom stereocenters. The molecule has 0 amide bonds. The lowest BCUT2D eigenvalue weighted by atomic mass is 10.1. The van der Waals surface area contributed by atoms with E-state index in [2.05, 4.69) is 250 Å². The van der Waals surface area contributed by atoms with Gasteiger partial charge in [0.05, 0.1) is 44.7 Å². The molecular formula is C61H40N4Si. The number of hydrogen-bond donors (Lipinski definition) is 0. The fourth-order valence-corrected chi connectivity index (χ4v) is 15.8. The summed E-state index contributed by atoms with van der Waals surface area (Å²) >= 11 is 0. The monoisotopic (exact) mass is 856 g/mol.